The summed E-state index contributed by atoms with van der Waals surface area (Å²) in [4.78, 5) is 15.3. The van der Waals surface area contributed by atoms with Crippen LogP contribution in [0.1, 0.15) is 12.5 Å². The van der Waals surface area contributed by atoms with Crippen molar-refractivity contribution >= 4 is 11.8 Å². The van der Waals surface area contributed by atoms with E-state index in [0.29, 0.717) is 5.82 Å². The first-order valence-corrected chi connectivity index (χ1v) is 5.14. The number of hydrogen-bond acceptors (Lipinski definition) is 5. The Morgan fingerprint density at radius 3 is 2.94 bits per heavy atom. The number of ether oxygens (including phenoxy) is 1. The van der Waals surface area contributed by atoms with Crippen LogP contribution in [0.2, 0.25) is 0 Å². The maximum absolute atomic E-state index is 11.3. The molecule has 1 N–H and O–H groups in total. The molecule has 0 aliphatic carbocycles. The van der Waals surface area contributed by atoms with Crippen LogP contribution in [0.3, 0.4) is 0 Å². The molecule has 0 aromatic carbocycles. The summed E-state index contributed by atoms with van der Waals surface area (Å²) in [7, 11) is 0. The highest BCUT2D eigenvalue weighted by Gasteiger charge is 2.08. The highest BCUT2D eigenvalue weighted by molar-refractivity contribution is 5.93. The zero-order chi connectivity index (χ0) is 12.7. The lowest BCUT2D eigenvalue weighted by atomic mass is 10.3. The Morgan fingerprint density at radius 1 is 1.65 bits per heavy atom. The van der Waals surface area contributed by atoms with E-state index in [1.54, 1.807) is 25.3 Å². The Labute approximate surface area is 99.7 Å². The monoisotopic (exact) mass is 231 g/mol. The van der Waals surface area contributed by atoms with Gasteiger partial charge >= 0.3 is 5.97 Å². The van der Waals surface area contributed by atoms with Crippen molar-refractivity contribution in [1.29, 1.82) is 5.26 Å². The predicted molar refractivity (Wildman–Crippen MR) is 62.9 cm³/mol. The van der Waals surface area contributed by atoms with E-state index in [0.717, 1.165) is 5.56 Å². The molecule has 0 unspecified atom stereocenters. The van der Waals surface area contributed by atoms with Gasteiger partial charge in [0.15, 0.2) is 5.57 Å². The Bertz CT molecular complexity index is 458. The van der Waals surface area contributed by atoms with Gasteiger partial charge in [0.1, 0.15) is 11.9 Å². The SMILES string of the molecule is CCOC(=O)/C(C#N)=C\Nc1ccc(C)cn1. The number of aromatic nitrogens is 1. The summed E-state index contributed by atoms with van der Waals surface area (Å²) in [6, 6.07) is 5.40. The average Bonchev–Trinajstić information content (AvgIpc) is 2.32. The highest BCUT2D eigenvalue weighted by Crippen LogP contribution is 2.05. The van der Waals surface area contributed by atoms with Gasteiger partial charge in [0.2, 0.25) is 0 Å². The summed E-state index contributed by atoms with van der Waals surface area (Å²) in [6.07, 6.45) is 2.97. The second-order valence-corrected chi connectivity index (χ2v) is 3.26. The van der Waals surface area contributed by atoms with E-state index in [9.17, 15) is 4.79 Å². The zero-order valence-corrected chi connectivity index (χ0v) is 9.73. The Hall–Kier alpha value is -2.35. The number of nitrogens with one attached hydrogen (secondary N) is 1. The van der Waals surface area contributed by atoms with E-state index in [1.165, 1.54) is 6.20 Å². The summed E-state index contributed by atoms with van der Waals surface area (Å²) in [5, 5.41) is 11.5. The van der Waals surface area contributed by atoms with Crippen LogP contribution in [0.25, 0.3) is 0 Å². The van der Waals surface area contributed by atoms with E-state index in [-0.39, 0.29) is 12.2 Å². The largest absolute Gasteiger partial charge is 0.462 e. The smallest absolute Gasteiger partial charge is 0.350 e. The number of nitrogens with zero attached hydrogens (tertiary/aromatic N) is 2. The first-order valence-electron chi connectivity index (χ1n) is 5.14. The minimum atomic E-state index is -0.644. The van der Waals surface area contributed by atoms with E-state index >= 15 is 0 Å². The molecule has 5 heteroatoms. The number of anilines is 1. The summed E-state index contributed by atoms with van der Waals surface area (Å²) in [6.45, 7) is 3.84. The zero-order valence-electron chi connectivity index (χ0n) is 9.73. The third-order valence-corrected chi connectivity index (χ3v) is 1.89. The van der Waals surface area contributed by atoms with Crippen LogP contribution < -0.4 is 5.32 Å². The van der Waals surface area contributed by atoms with Crippen LogP contribution in [0.15, 0.2) is 30.1 Å². The number of pyridine rings is 1. The van der Waals surface area contributed by atoms with Crippen LogP contribution in [0, 0.1) is 18.3 Å². The molecule has 5 nitrogen and oxygen atoms in total. The molecule has 1 heterocycles. The van der Waals surface area contributed by atoms with Gasteiger partial charge in [-0.3, -0.25) is 0 Å². The van der Waals surface area contributed by atoms with E-state index in [4.69, 9.17) is 10.00 Å². The molecule has 0 radical (unpaired) electrons. The molecule has 88 valence electrons. The lowest BCUT2D eigenvalue weighted by Gasteiger charge is -2.02. The minimum absolute atomic E-state index is 0.0887. The number of carbonyl (C=O) groups is 1. The molecule has 0 amide bonds. The summed E-state index contributed by atoms with van der Waals surface area (Å²) in [5.74, 6) is -0.0812. The fourth-order valence-electron chi connectivity index (χ4n) is 1.04. The molecule has 0 saturated carbocycles. The number of carbonyl (C=O) groups excluding carboxylic acids is 1. The predicted octanol–water partition coefficient (Wildman–Crippen LogP) is 1.77. The number of aryl methyl sites for hydroxylation is 1. The normalized spacial score (nSPS) is 10.5. The van der Waals surface area contributed by atoms with Crippen molar-refractivity contribution in [2.24, 2.45) is 0 Å². The van der Waals surface area contributed by atoms with Crippen molar-refractivity contribution in [1.82, 2.24) is 4.98 Å². The molecule has 1 rings (SSSR count). The van der Waals surface area contributed by atoms with Crippen LogP contribution >= 0.6 is 0 Å². The summed E-state index contributed by atoms with van der Waals surface area (Å²) >= 11 is 0. The molecule has 1 aromatic heterocycles. The van der Waals surface area contributed by atoms with Gasteiger partial charge in [-0.2, -0.15) is 5.26 Å². The van der Waals surface area contributed by atoms with Gasteiger partial charge in [0.25, 0.3) is 0 Å². The molecule has 0 aliphatic rings. The second kappa shape index (κ2) is 6.28. The van der Waals surface area contributed by atoms with Crippen molar-refractivity contribution in [3.05, 3.63) is 35.7 Å². The summed E-state index contributed by atoms with van der Waals surface area (Å²) < 4.78 is 4.71. The Morgan fingerprint density at radius 2 is 2.41 bits per heavy atom. The molecule has 1 aromatic rings. The lowest BCUT2D eigenvalue weighted by Crippen LogP contribution is -2.08. The van der Waals surface area contributed by atoms with Crippen molar-refractivity contribution in [2.75, 3.05) is 11.9 Å². The third kappa shape index (κ3) is 3.95. The second-order valence-electron chi connectivity index (χ2n) is 3.26. The van der Waals surface area contributed by atoms with Crippen molar-refractivity contribution < 1.29 is 9.53 Å². The standard InChI is InChI=1S/C12H13N3O2/c1-3-17-12(16)10(6-13)8-15-11-5-4-9(2)7-14-11/h4-5,7-8H,3H2,1-2H3,(H,14,15)/b10-8-. The molecule has 0 aliphatic heterocycles. The molecule has 0 saturated heterocycles. The molecular formula is C12H13N3O2. The minimum Gasteiger partial charge on any atom is -0.462 e. The van der Waals surface area contributed by atoms with Crippen molar-refractivity contribution in [2.45, 2.75) is 13.8 Å². The van der Waals surface area contributed by atoms with Crippen molar-refractivity contribution in [3.63, 3.8) is 0 Å². The molecule has 0 bridgehead atoms. The topological polar surface area (TPSA) is 75.0 Å². The van der Waals surface area contributed by atoms with E-state index in [1.807, 2.05) is 13.0 Å². The van der Waals surface area contributed by atoms with Crippen molar-refractivity contribution in [3.8, 4) is 6.07 Å². The average molecular weight is 231 g/mol. The Kier molecular flexibility index (Phi) is 4.70. The molecule has 0 fully saturated rings. The summed E-state index contributed by atoms with van der Waals surface area (Å²) in [5.41, 5.74) is 0.944. The van der Waals surface area contributed by atoms with Crippen LogP contribution in [-0.2, 0) is 9.53 Å². The fraction of sp³-hybridized carbons (Fsp3) is 0.250. The number of nitriles is 1. The quantitative estimate of drug-likeness (QED) is 0.485. The van der Waals surface area contributed by atoms with E-state index in [2.05, 4.69) is 10.3 Å². The maximum Gasteiger partial charge on any atom is 0.350 e. The van der Waals surface area contributed by atoms with Gasteiger partial charge in [0, 0.05) is 12.4 Å². The third-order valence-electron chi connectivity index (χ3n) is 1.89. The van der Waals surface area contributed by atoms with Gasteiger partial charge in [-0.05, 0) is 25.5 Å². The molecule has 0 spiro atoms. The first-order chi connectivity index (χ1) is 8.17. The number of esters is 1. The molecule has 17 heavy (non-hydrogen) atoms. The van der Waals surface area contributed by atoms with Crippen LogP contribution in [0.5, 0.6) is 0 Å². The fourth-order valence-corrected chi connectivity index (χ4v) is 1.04. The van der Waals surface area contributed by atoms with Crippen LogP contribution in [0.4, 0.5) is 5.82 Å². The van der Waals surface area contributed by atoms with Gasteiger partial charge < -0.3 is 10.1 Å². The van der Waals surface area contributed by atoms with Crippen LogP contribution in [-0.4, -0.2) is 17.6 Å². The van der Waals surface area contributed by atoms with Gasteiger partial charge in [-0.25, -0.2) is 9.78 Å². The van der Waals surface area contributed by atoms with Gasteiger partial charge in [0.05, 0.1) is 6.61 Å². The molecular weight excluding hydrogens is 218 g/mol. The van der Waals surface area contributed by atoms with Gasteiger partial charge in [-0.1, -0.05) is 6.07 Å². The highest BCUT2D eigenvalue weighted by atomic mass is 16.5. The number of rotatable bonds is 4. The number of hydrogen-bond donors (Lipinski definition) is 1. The first kappa shape index (κ1) is 12.7. The Balaban J connectivity index is 2.71. The molecule has 0 atom stereocenters. The lowest BCUT2D eigenvalue weighted by molar-refractivity contribution is -0.138. The maximum atomic E-state index is 11.3. The van der Waals surface area contributed by atoms with Gasteiger partial charge in [-0.15, -0.1) is 0 Å². The van der Waals surface area contributed by atoms with E-state index < -0.39 is 5.97 Å².